The smallest absolute Gasteiger partial charge is 0.416 e. The molecule has 1 saturated heterocycles. The van der Waals surface area contributed by atoms with Crippen LogP contribution >= 0.6 is 0 Å². The summed E-state index contributed by atoms with van der Waals surface area (Å²) in [4.78, 5) is 4.29. The number of hydrogen-bond donors (Lipinski definition) is 1. The molecule has 0 unspecified atom stereocenters. The van der Waals surface area contributed by atoms with Crippen LogP contribution in [-0.2, 0) is 17.3 Å². The highest BCUT2D eigenvalue weighted by atomic mass is 19.4. The summed E-state index contributed by atoms with van der Waals surface area (Å²) < 4.78 is 52.2. The fourth-order valence-electron chi connectivity index (χ4n) is 3.53. The van der Waals surface area contributed by atoms with E-state index in [0.717, 1.165) is 18.9 Å². The maximum Gasteiger partial charge on any atom is 0.416 e. The van der Waals surface area contributed by atoms with Crippen molar-refractivity contribution in [3.8, 4) is 11.5 Å². The Kier molecular flexibility index (Phi) is 4.55. The summed E-state index contributed by atoms with van der Waals surface area (Å²) in [6.07, 6.45) is -2.73. The summed E-state index contributed by atoms with van der Waals surface area (Å²) in [5.74, 6) is 0.267. The first-order chi connectivity index (χ1) is 12.9. The Labute approximate surface area is 154 Å². The largest absolute Gasteiger partial charge is 0.436 e. The summed E-state index contributed by atoms with van der Waals surface area (Å²) in [6.45, 7) is 1.15. The summed E-state index contributed by atoms with van der Waals surface area (Å²) in [5, 5.41) is 0. The molecule has 1 aliphatic rings. The van der Waals surface area contributed by atoms with Crippen LogP contribution in [0.1, 0.15) is 24.0 Å². The second-order valence-electron chi connectivity index (χ2n) is 6.84. The first-order valence-electron chi connectivity index (χ1n) is 8.85. The van der Waals surface area contributed by atoms with Gasteiger partial charge in [0.2, 0.25) is 5.89 Å². The highest BCUT2D eigenvalue weighted by Gasteiger charge is 2.36. The van der Waals surface area contributed by atoms with E-state index in [2.05, 4.69) is 4.98 Å². The van der Waals surface area contributed by atoms with Gasteiger partial charge in [-0.3, -0.25) is 0 Å². The van der Waals surface area contributed by atoms with Gasteiger partial charge in [-0.2, -0.15) is 13.2 Å². The Morgan fingerprint density at radius 2 is 1.85 bits per heavy atom. The van der Waals surface area contributed by atoms with Gasteiger partial charge in [0.25, 0.3) is 0 Å². The van der Waals surface area contributed by atoms with Crippen molar-refractivity contribution in [3.05, 3.63) is 47.5 Å². The molecule has 2 heterocycles. The summed E-state index contributed by atoms with van der Waals surface area (Å²) in [5.41, 5.74) is 6.95. The number of nitrogen functional groups attached to an aromatic ring is 1. The number of hydrogen-bond acceptors (Lipinski definition) is 4. The van der Waals surface area contributed by atoms with Crippen LogP contribution in [0.4, 0.5) is 18.9 Å². The fraction of sp³-hybridized carbons (Fsp3) is 0.350. The molecule has 1 fully saturated rings. The number of fused-ring (bicyclic) bond motifs is 1. The van der Waals surface area contributed by atoms with Crippen LogP contribution in [-0.4, -0.2) is 18.2 Å². The van der Waals surface area contributed by atoms with Crippen LogP contribution in [0.3, 0.4) is 0 Å². The number of nitrogens with zero attached hydrogens (tertiary/aromatic N) is 1. The summed E-state index contributed by atoms with van der Waals surface area (Å²) >= 11 is 0. The number of oxazole rings is 1. The van der Waals surface area contributed by atoms with Gasteiger partial charge in [0.15, 0.2) is 5.58 Å². The second kappa shape index (κ2) is 6.88. The molecule has 0 atom stereocenters. The molecule has 4 rings (SSSR count). The molecule has 0 spiro atoms. The van der Waals surface area contributed by atoms with E-state index < -0.39 is 11.7 Å². The molecule has 3 aromatic rings. The minimum absolute atomic E-state index is 0.119. The first-order valence-corrected chi connectivity index (χ1v) is 8.85. The fourth-order valence-corrected chi connectivity index (χ4v) is 3.53. The summed E-state index contributed by atoms with van der Waals surface area (Å²) in [7, 11) is 0. The number of halogens is 3. The van der Waals surface area contributed by atoms with Gasteiger partial charge in [-0.05, 0) is 55.0 Å². The Bertz CT molecular complexity index is 927. The molecule has 142 valence electrons. The number of rotatable bonds is 3. The second-order valence-corrected chi connectivity index (χ2v) is 6.84. The van der Waals surface area contributed by atoms with E-state index in [1.54, 1.807) is 24.3 Å². The van der Waals surface area contributed by atoms with Crippen LogP contribution in [0.25, 0.3) is 22.6 Å². The molecule has 2 aromatic carbocycles. The van der Waals surface area contributed by atoms with E-state index in [-0.39, 0.29) is 35.0 Å². The lowest BCUT2D eigenvalue weighted by Crippen LogP contribution is -2.20. The van der Waals surface area contributed by atoms with E-state index in [4.69, 9.17) is 14.9 Å². The monoisotopic (exact) mass is 376 g/mol. The molecule has 0 aliphatic carbocycles. The highest BCUT2D eigenvalue weighted by Crippen LogP contribution is 2.40. The van der Waals surface area contributed by atoms with E-state index >= 15 is 0 Å². The average molecular weight is 376 g/mol. The SMILES string of the molecule is Nc1cc(-c2nc3ccccc3o2)cc(C(F)(F)F)c1CC1CCOCC1. The standard InChI is InChI=1S/C20H19F3N2O2/c21-20(22,23)15-10-13(19-25-17-3-1-2-4-18(17)27-19)11-16(24)14(15)9-12-5-7-26-8-6-12/h1-4,10-12H,5-9,24H2. The topological polar surface area (TPSA) is 61.3 Å². The Balaban J connectivity index is 1.77. The molecular formula is C20H19F3N2O2. The molecule has 4 nitrogen and oxygen atoms in total. The Hall–Kier alpha value is -2.54. The van der Waals surface area contributed by atoms with E-state index in [0.29, 0.717) is 24.3 Å². The van der Waals surface area contributed by atoms with Gasteiger partial charge in [0.1, 0.15) is 5.52 Å². The van der Waals surface area contributed by atoms with Gasteiger partial charge in [-0.15, -0.1) is 0 Å². The van der Waals surface area contributed by atoms with Crippen molar-refractivity contribution in [3.63, 3.8) is 0 Å². The lowest BCUT2D eigenvalue weighted by atomic mass is 9.88. The van der Waals surface area contributed by atoms with Crippen molar-refractivity contribution in [1.29, 1.82) is 0 Å². The molecule has 0 saturated carbocycles. The molecule has 2 N–H and O–H groups in total. The molecule has 0 bridgehead atoms. The average Bonchev–Trinajstić information content (AvgIpc) is 3.07. The zero-order chi connectivity index (χ0) is 19.0. The Morgan fingerprint density at radius 3 is 2.56 bits per heavy atom. The number of alkyl halides is 3. The Morgan fingerprint density at radius 1 is 1.11 bits per heavy atom. The molecule has 1 aromatic heterocycles. The van der Waals surface area contributed by atoms with Gasteiger partial charge in [-0.25, -0.2) is 4.98 Å². The third-order valence-electron chi connectivity index (χ3n) is 4.96. The van der Waals surface area contributed by atoms with E-state index in [9.17, 15) is 13.2 Å². The van der Waals surface area contributed by atoms with Gasteiger partial charge in [0.05, 0.1) is 5.56 Å². The molecule has 1 aliphatic heterocycles. The number of nitrogens with two attached hydrogens (primary N) is 1. The summed E-state index contributed by atoms with van der Waals surface area (Å²) in [6, 6.07) is 9.66. The van der Waals surface area contributed by atoms with Crippen molar-refractivity contribution in [2.75, 3.05) is 18.9 Å². The maximum atomic E-state index is 13.8. The molecule has 0 radical (unpaired) electrons. The first kappa shape index (κ1) is 17.9. The quantitative estimate of drug-likeness (QED) is 0.649. The predicted molar refractivity (Wildman–Crippen MR) is 96.1 cm³/mol. The third-order valence-corrected chi connectivity index (χ3v) is 4.96. The van der Waals surface area contributed by atoms with Crippen molar-refractivity contribution in [1.82, 2.24) is 4.98 Å². The maximum absolute atomic E-state index is 13.8. The van der Waals surface area contributed by atoms with Crippen LogP contribution in [0.2, 0.25) is 0 Å². The lowest BCUT2D eigenvalue weighted by molar-refractivity contribution is -0.138. The van der Waals surface area contributed by atoms with Gasteiger partial charge in [-0.1, -0.05) is 12.1 Å². The zero-order valence-corrected chi connectivity index (χ0v) is 14.6. The molecule has 27 heavy (non-hydrogen) atoms. The third kappa shape index (κ3) is 3.64. The normalized spacial score (nSPS) is 16.1. The minimum Gasteiger partial charge on any atom is -0.436 e. The lowest BCUT2D eigenvalue weighted by Gasteiger charge is -2.24. The molecule has 0 amide bonds. The van der Waals surface area contributed by atoms with Crippen LogP contribution in [0.5, 0.6) is 0 Å². The number of para-hydroxylation sites is 2. The zero-order valence-electron chi connectivity index (χ0n) is 14.6. The number of ether oxygens (including phenoxy) is 1. The minimum atomic E-state index is -4.50. The van der Waals surface area contributed by atoms with Crippen molar-refractivity contribution >= 4 is 16.8 Å². The van der Waals surface area contributed by atoms with E-state index in [1.165, 1.54) is 6.07 Å². The van der Waals surface area contributed by atoms with Gasteiger partial charge < -0.3 is 14.9 Å². The van der Waals surface area contributed by atoms with Crippen LogP contribution in [0.15, 0.2) is 40.8 Å². The number of anilines is 1. The highest BCUT2D eigenvalue weighted by molar-refractivity contribution is 5.77. The molecular weight excluding hydrogens is 357 g/mol. The number of aromatic nitrogens is 1. The van der Waals surface area contributed by atoms with Crippen LogP contribution in [0, 0.1) is 5.92 Å². The van der Waals surface area contributed by atoms with Crippen molar-refractivity contribution < 1.29 is 22.3 Å². The molecule has 7 heteroatoms. The van der Waals surface area contributed by atoms with Gasteiger partial charge in [0, 0.05) is 24.5 Å². The van der Waals surface area contributed by atoms with Crippen molar-refractivity contribution in [2.45, 2.75) is 25.4 Å². The number of benzene rings is 2. The van der Waals surface area contributed by atoms with E-state index in [1.807, 2.05) is 0 Å². The van der Waals surface area contributed by atoms with Crippen molar-refractivity contribution in [2.24, 2.45) is 5.92 Å². The van der Waals surface area contributed by atoms with Gasteiger partial charge >= 0.3 is 6.18 Å². The predicted octanol–water partition coefficient (Wildman–Crippen LogP) is 5.06. The van der Waals surface area contributed by atoms with Crippen LogP contribution < -0.4 is 5.73 Å².